The lowest BCUT2D eigenvalue weighted by molar-refractivity contribution is 0.110. The van der Waals surface area contributed by atoms with Crippen LogP contribution in [0.4, 0.5) is 0 Å². The third kappa shape index (κ3) is 2.92. The first kappa shape index (κ1) is 13.3. The summed E-state index contributed by atoms with van der Waals surface area (Å²) in [6.45, 7) is 4.31. The molecule has 20 heavy (non-hydrogen) atoms. The molecular weight excluding hydrogens is 252 g/mol. The van der Waals surface area contributed by atoms with Crippen molar-refractivity contribution >= 4 is 10.9 Å². The number of rotatable bonds is 4. The second-order valence-corrected chi connectivity index (χ2v) is 5.48. The van der Waals surface area contributed by atoms with Gasteiger partial charge in [-0.2, -0.15) is 0 Å². The van der Waals surface area contributed by atoms with Gasteiger partial charge in [-0.15, -0.1) is 0 Å². The summed E-state index contributed by atoms with van der Waals surface area (Å²) in [5.74, 6) is 0. The lowest BCUT2D eigenvalue weighted by atomic mass is 10.1. The molecule has 1 aliphatic rings. The van der Waals surface area contributed by atoms with Gasteiger partial charge in [-0.25, -0.2) is 0 Å². The molecule has 1 atom stereocenters. The van der Waals surface area contributed by atoms with Gasteiger partial charge in [-0.3, -0.25) is 4.79 Å². The normalized spacial score (nSPS) is 18.8. The van der Waals surface area contributed by atoms with Crippen LogP contribution in [0.2, 0.25) is 0 Å². The fourth-order valence-electron chi connectivity index (χ4n) is 2.68. The number of hydrogen-bond acceptors (Lipinski definition) is 3. The van der Waals surface area contributed by atoms with Gasteiger partial charge >= 0.3 is 0 Å². The Morgan fingerprint density at radius 1 is 1.40 bits per heavy atom. The SMILES string of the molecule is Cc1ccc2[nH]c(=O)c(CNCC3CCCO3)cc2c1. The van der Waals surface area contributed by atoms with Crippen LogP contribution in [0.15, 0.2) is 29.1 Å². The highest BCUT2D eigenvalue weighted by Crippen LogP contribution is 2.13. The number of ether oxygens (including phenoxy) is 1. The Morgan fingerprint density at radius 2 is 2.30 bits per heavy atom. The van der Waals surface area contributed by atoms with Crippen LogP contribution in [0.3, 0.4) is 0 Å². The molecule has 106 valence electrons. The Hall–Kier alpha value is -1.65. The number of aromatic amines is 1. The Balaban J connectivity index is 1.73. The third-order valence-corrected chi connectivity index (χ3v) is 3.79. The first-order valence-electron chi connectivity index (χ1n) is 7.17. The zero-order valence-corrected chi connectivity index (χ0v) is 11.7. The van der Waals surface area contributed by atoms with Gasteiger partial charge in [-0.1, -0.05) is 11.6 Å². The zero-order chi connectivity index (χ0) is 13.9. The van der Waals surface area contributed by atoms with Crippen molar-refractivity contribution in [2.24, 2.45) is 0 Å². The van der Waals surface area contributed by atoms with E-state index in [4.69, 9.17) is 4.74 Å². The Morgan fingerprint density at radius 3 is 3.10 bits per heavy atom. The summed E-state index contributed by atoms with van der Waals surface area (Å²) in [7, 11) is 0. The van der Waals surface area contributed by atoms with E-state index < -0.39 is 0 Å². The van der Waals surface area contributed by atoms with Crippen molar-refractivity contribution in [3.05, 3.63) is 45.7 Å². The Bertz CT molecular complexity index is 657. The quantitative estimate of drug-likeness (QED) is 0.896. The maximum absolute atomic E-state index is 12.0. The molecule has 1 aromatic carbocycles. The van der Waals surface area contributed by atoms with E-state index in [1.54, 1.807) is 0 Å². The molecule has 0 radical (unpaired) electrons. The summed E-state index contributed by atoms with van der Waals surface area (Å²) >= 11 is 0. The summed E-state index contributed by atoms with van der Waals surface area (Å²) in [6, 6.07) is 8.03. The lowest BCUT2D eigenvalue weighted by Gasteiger charge is -2.10. The van der Waals surface area contributed by atoms with Crippen LogP contribution in [0.25, 0.3) is 10.9 Å². The third-order valence-electron chi connectivity index (χ3n) is 3.79. The average Bonchev–Trinajstić information content (AvgIpc) is 2.93. The molecule has 0 spiro atoms. The number of nitrogens with one attached hydrogen (secondary N) is 2. The van der Waals surface area contributed by atoms with Gasteiger partial charge in [0, 0.05) is 30.8 Å². The maximum atomic E-state index is 12.0. The van der Waals surface area contributed by atoms with Gasteiger partial charge in [0.05, 0.1) is 6.10 Å². The molecule has 2 N–H and O–H groups in total. The van der Waals surface area contributed by atoms with E-state index >= 15 is 0 Å². The fraction of sp³-hybridized carbons (Fsp3) is 0.438. The van der Waals surface area contributed by atoms with Gasteiger partial charge in [-0.05, 0) is 43.4 Å². The number of pyridine rings is 1. The second-order valence-electron chi connectivity index (χ2n) is 5.48. The van der Waals surface area contributed by atoms with Crippen molar-refractivity contribution in [2.75, 3.05) is 13.2 Å². The van der Waals surface area contributed by atoms with E-state index in [1.807, 2.05) is 18.2 Å². The number of hydrogen-bond donors (Lipinski definition) is 2. The summed E-state index contributed by atoms with van der Waals surface area (Å²) in [6.07, 6.45) is 2.56. The number of benzene rings is 1. The summed E-state index contributed by atoms with van der Waals surface area (Å²) in [5, 5.41) is 4.40. The minimum atomic E-state index is -0.0128. The van der Waals surface area contributed by atoms with Crippen molar-refractivity contribution in [3.8, 4) is 0 Å². The number of H-pyrrole nitrogens is 1. The summed E-state index contributed by atoms with van der Waals surface area (Å²) in [5.41, 5.74) is 2.86. The molecule has 1 fully saturated rings. The second kappa shape index (κ2) is 5.77. The molecule has 0 amide bonds. The molecule has 4 nitrogen and oxygen atoms in total. The molecular formula is C16H20N2O2. The van der Waals surface area contributed by atoms with E-state index in [2.05, 4.69) is 23.3 Å². The van der Waals surface area contributed by atoms with Crippen LogP contribution in [-0.2, 0) is 11.3 Å². The van der Waals surface area contributed by atoms with Crippen LogP contribution >= 0.6 is 0 Å². The molecule has 2 aromatic rings. The highest BCUT2D eigenvalue weighted by molar-refractivity contribution is 5.79. The average molecular weight is 272 g/mol. The van der Waals surface area contributed by atoms with Crippen molar-refractivity contribution in [1.82, 2.24) is 10.3 Å². The number of fused-ring (bicyclic) bond motifs is 1. The molecule has 1 saturated heterocycles. The van der Waals surface area contributed by atoms with Crippen LogP contribution < -0.4 is 10.9 Å². The van der Waals surface area contributed by atoms with Crippen LogP contribution in [-0.4, -0.2) is 24.2 Å². The van der Waals surface area contributed by atoms with E-state index in [-0.39, 0.29) is 5.56 Å². The van der Waals surface area contributed by atoms with Crippen molar-refractivity contribution < 1.29 is 4.74 Å². The zero-order valence-electron chi connectivity index (χ0n) is 11.7. The summed E-state index contributed by atoms with van der Waals surface area (Å²) < 4.78 is 5.56. The molecule has 3 rings (SSSR count). The van der Waals surface area contributed by atoms with Crippen LogP contribution in [0.1, 0.15) is 24.0 Å². The molecule has 1 aliphatic heterocycles. The van der Waals surface area contributed by atoms with E-state index in [0.717, 1.165) is 42.5 Å². The number of aryl methyl sites for hydroxylation is 1. The van der Waals surface area contributed by atoms with Crippen molar-refractivity contribution in [3.63, 3.8) is 0 Å². The largest absolute Gasteiger partial charge is 0.377 e. The Kier molecular flexibility index (Phi) is 3.85. The van der Waals surface area contributed by atoms with E-state index in [0.29, 0.717) is 12.6 Å². The van der Waals surface area contributed by atoms with E-state index in [1.165, 1.54) is 5.56 Å². The van der Waals surface area contributed by atoms with Crippen molar-refractivity contribution in [1.29, 1.82) is 0 Å². The lowest BCUT2D eigenvalue weighted by Crippen LogP contribution is -2.28. The van der Waals surface area contributed by atoms with E-state index in [9.17, 15) is 4.79 Å². The molecule has 1 aromatic heterocycles. The van der Waals surface area contributed by atoms with Gasteiger partial charge < -0.3 is 15.0 Å². The summed E-state index contributed by atoms with van der Waals surface area (Å²) in [4.78, 5) is 15.0. The monoisotopic (exact) mass is 272 g/mol. The fourth-order valence-corrected chi connectivity index (χ4v) is 2.68. The molecule has 2 heterocycles. The highest BCUT2D eigenvalue weighted by Gasteiger charge is 2.14. The van der Waals surface area contributed by atoms with Crippen molar-refractivity contribution in [2.45, 2.75) is 32.4 Å². The molecule has 4 heteroatoms. The predicted molar refractivity (Wildman–Crippen MR) is 80.0 cm³/mol. The van der Waals surface area contributed by atoms with Gasteiger partial charge in [0.15, 0.2) is 0 Å². The predicted octanol–water partition coefficient (Wildman–Crippen LogP) is 2.11. The number of aromatic nitrogens is 1. The molecule has 0 saturated carbocycles. The standard InChI is InChI=1S/C16H20N2O2/c1-11-4-5-15-12(7-11)8-13(16(19)18-15)9-17-10-14-3-2-6-20-14/h4-5,7-8,14,17H,2-3,6,9-10H2,1H3,(H,18,19). The van der Waals surface area contributed by atoms with Crippen LogP contribution in [0, 0.1) is 6.92 Å². The first-order valence-corrected chi connectivity index (χ1v) is 7.17. The first-order chi connectivity index (χ1) is 9.72. The smallest absolute Gasteiger partial charge is 0.252 e. The molecule has 1 unspecified atom stereocenters. The highest BCUT2D eigenvalue weighted by atomic mass is 16.5. The van der Waals surface area contributed by atoms with Crippen LogP contribution in [0.5, 0.6) is 0 Å². The Labute approximate surface area is 118 Å². The minimum Gasteiger partial charge on any atom is -0.377 e. The van der Waals surface area contributed by atoms with Gasteiger partial charge in [0.1, 0.15) is 0 Å². The van der Waals surface area contributed by atoms with Gasteiger partial charge in [0.2, 0.25) is 0 Å². The minimum absolute atomic E-state index is 0.0128. The molecule has 0 aliphatic carbocycles. The topological polar surface area (TPSA) is 54.1 Å². The van der Waals surface area contributed by atoms with Gasteiger partial charge in [0.25, 0.3) is 5.56 Å². The maximum Gasteiger partial charge on any atom is 0.252 e. The molecule has 0 bridgehead atoms.